The first-order valence-electron chi connectivity index (χ1n) is 2.96. The lowest BCUT2D eigenvalue weighted by atomic mass is 10.3. The predicted octanol–water partition coefficient (Wildman–Crippen LogP) is 1.09. The van der Waals surface area contributed by atoms with Crippen molar-refractivity contribution in [2.75, 3.05) is 7.11 Å². The number of nitrogens with zero attached hydrogens (tertiary/aromatic N) is 1. The molecule has 0 aliphatic rings. The minimum Gasteiger partial charge on any atom is -0.464 e. The third-order valence-corrected chi connectivity index (χ3v) is 1.85. The molecule has 1 heterocycles. The van der Waals surface area contributed by atoms with Crippen LogP contribution in [0.25, 0.3) is 0 Å². The van der Waals surface area contributed by atoms with Gasteiger partial charge < -0.3 is 4.74 Å². The number of alkyl halides is 1. The van der Waals surface area contributed by atoms with Gasteiger partial charge in [0.1, 0.15) is 0 Å². The molecule has 1 aromatic heterocycles. The Morgan fingerprint density at radius 2 is 2.64 bits per heavy atom. The Morgan fingerprint density at radius 1 is 1.91 bits per heavy atom. The van der Waals surface area contributed by atoms with Crippen LogP contribution in [0, 0.1) is 0 Å². The molecule has 0 unspecified atom stereocenters. The maximum absolute atomic E-state index is 10.9. The highest BCUT2D eigenvalue weighted by Gasteiger charge is 2.13. The van der Waals surface area contributed by atoms with Crippen molar-refractivity contribution in [2.45, 2.75) is 5.33 Å². The Balaban J connectivity index is 2.92. The number of rotatable bonds is 2. The van der Waals surface area contributed by atoms with Crippen molar-refractivity contribution in [1.82, 2.24) is 10.2 Å². The second kappa shape index (κ2) is 3.52. The molecule has 0 aliphatic carbocycles. The number of H-pyrrole nitrogens is 1. The van der Waals surface area contributed by atoms with Crippen LogP contribution >= 0.6 is 15.9 Å². The second-order valence-electron chi connectivity index (χ2n) is 1.88. The Morgan fingerprint density at radius 3 is 3.18 bits per heavy atom. The number of methoxy groups -OCH3 is 1. The molecule has 0 radical (unpaired) electrons. The third-order valence-electron chi connectivity index (χ3n) is 1.24. The molecule has 0 amide bonds. The number of ether oxygens (including phenoxy) is 1. The van der Waals surface area contributed by atoms with Gasteiger partial charge in [0, 0.05) is 17.1 Å². The molecule has 1 N–H and O–H groups in total. The van der Waals surface area contributed by atoms with E-state index in [1.54, 1.807) is 6.20 Å². The minimum atomic E-state index is -0.416. The van der Waals surface area contributed by atoms with E-state index in [-0.39, 0.29) is 0 Å². The van der Waals surface area contributed by atoms with Gasteiger partial charge in [0.25, 0.3) is 0 Å². The number of hydrogen-bond acceptors (Lipinski definition) is 3. The summed E-state index contributed by atoms with van der Waals surface area (Å²) in [5.74, 6) is -0.416. The fourth-order valence-corrected chi connectivity index (χ4v) is 1.12. The van der Waals surface area contributed by atoms with Crippen molar-refractivity contribution >= 4 is 21.9 Å². The molecule has 1 aromatic rings. The topological polar surface area (TPSA) is 55.0 Å². The van der Waals surface area contributed by atoms with Gasteiger partial charge in [-0.2, -0.15) is 5.10 Å². The highest BCUT2D eigenvalue weighted by Crippen LogP contribution is 2.09. The number of aromatic amines is 1. The summed E-state index contributed by atoms with van der Waals surface area (Å²) in [5.41, 5.74) is 1.14. The van der Waals surface area contributed by atoms with Gasteiger partial charge in [-0.1, -0.05) is 15.9 Å². The van der Waals surface area contributed by atoms with E-state index in [4.69, 9.17) is 0 Å². The predicted molar refractivity (Wildman–Crippen MR) is 42.6 cm³/mol. The number of esters is 1. The summed E-state index contributed by atoms with van der Waals surface area (Å²) < 4.78 is 4.49. The van der Waals surface area contributed by atoms with E-state index >= 15 is 0 Å². The zero-order chi connectivity index (χ0) is 8.27. The number of carbonyl (C=O) groups excluding carboxylic acids is 1. The number of hydrogen-bond donors (Lipinski definition) is 1. The first kappa shape index (κ1) is 8.26. The van der Waals surface area contributed by atoms with Crippen LogP contribution in [-0.4, -0.2) is 23.3 Å². The Labute approximate surface area is 72.1 Å². The number of carbonyl (C=O) groups is 1. The van der Waals surface area contributed by atoms with Gasteiger partial charge in [0.05, 0.1) is 7.11 Å². The lowest BCUT2D eigenvalue weighted by molar-refractivity contribution is 0.0593. The van der Waals surface area contributed by atoms with Crippen LogP contribution in [0.1, 0.15) is 16.1 Å². The van der Waals surface area contributed by atoms with Gasteiger partial charge in [-0.25, -0.2) is 4.79 Å². The average Bonchev–Trinajstić information content (AvgIpc) is 2.50. The van der Waals surface area contributed by atoms with Crippen molar-refractivity contribution < 1.29 is 9.53 Å². The standard InChI is InChI=1S/C6H7BrN2O2/c1-11-6(10)5-4(2-7)3-8-9-5/h3H,2H2,1H3,(H,8,9). The minimum absolute atomic E-state index is 0.337. The Kier molecular flexibility index (Phi) is 2.64. The van der Waals surface area contributed by atoms with Crippen LogP contribution in [0.3, 0.4) is 0 Å². The summed E-state index contributed by atoms with van der Waals surface area (Å²) in [6.45, 7) is 0. The van der Waals surface area contributed by atoms with Gasteiger partial charge >= 0.3 is 5.97 Å². The molecule has 1 rings (SSSR count). The lowest BCUT2D eigenvalue weighted by Crippen LogP contribution is -2.04. The normalized spacial score (nSPS) is 9.64. The van der Waals surface area contributed by atoms with Crippen LogP contribution in [0.2, 0.25) is 0 Å². The van der Waals surface area contributed by atoms with E-state index in [0.717, 1.165) is 5.56 Å². The molecule has 60 valence electrons. The molecule has 5 heteroatoms. The molecule has 0 bridgehead atoms. The van der Waals surface area contributed by atoms with Crippen molar-refractivity contribution in [3.05, 3.63) is 17.5 Å². The van der Waals surface area contributed by atoms with Gasteiger partial charge in [0.15, 0.2) is 5.69 Å². The number of aromatic nitrogens is 2. The number of nitrogens with one attached hydrogen (secondary N) is 1. The fourth-order valence-electron chi connectivity index (χ4n) is 0.690. The maximum atomic E-state index is 10.9. The lowest BCUT2D eigenvalue weighted by Gasteiger charge is -1.94. The Bertz CT molecular complexity index is 259. The highest BCUT2D eigenvalue weighted by atomic mass is 79.9. The quantitative estimate of drug-likeness (QED) is 0.598. The summed E-state index contributed by atoms with van der Waals surface area (Å²) in [5, 5.41) is 6.90. The molecule has 4 nitrogen and oxygen atoms in total. The first-order chi connectivity index (χ1) is 5.29. The van der Waals surface area contributed by atoms with Crippen LogP contribution in [0.5, 0.6) is 0 Å². The molecular weight excluding hydrogens is 212 g/mol. The van der Waals surface area contributed by atoms with E-state index < -0.39 is 5.97 Å². The van der Waals surface area contributed by atoms with E-state index in [2.05, 4.69) is 30.9 Å². The maximum Gasteiger partial charge on any atom is 0.358 e. The third kappa shape index (κ3) is 1.59. The summed E-state index contributed by atoms with van der Waals surface area (Å²) in [7, 11) is 1.33. The smallest absolute Gasteiger partial charge is 0.358 e. The van der Waals surface area contributed by atoms with Gasteiger partial charge in [-0.3, -0.25) is 5.10 Å². The first-order valence-corrected chi connectivity index (χ1v) is 4.08. The second-order valence-corrected chi connectivity index (χ2v) is 2.45. The van der Waals surface area contributed by atoms with E-state index in [0.29, 0.717) is 11.0 Å². The summed E-state index contributed by atoms with van der Waals surface area (Å²) in [6.07, 6.45) is 1.65. The largest absolute Gasteiger partial charge is 0.464 e. The molecule has 0 spiro atoms. The SMILES string of the molecule is COC(=O)c1n[nH]cc1CBr. The van der Waals surface area contributed by atoms with Crippen molar-refractivity contribution in [3.63, 3.8) is 0 Å². The van der Waals surface area contributed by atoms with Crippen LogP contribution < -0.4 is 0 Å². The molecule has 0 saturated carbocycles. The van der Waals surface area contributed by atoms with Crippen molar-refractivity contribution in [1.29, 1.82) is 0 Å². The van der Waals surface area contributed by atoms with E-state index in [9.17, 15) is 4.79 Å². The molecular formula is C6H7BrN2O2. The molecule has 0 aromatic carbocycles. The van der Waals surface area contributed by atoms with Crippen molar-refractivity contribution in [2.24, 2.45) is 0 Å². The van der Waals surface area contributed by atoms with Gasteiger partial charge in [-0.15, -0.1) is 0 Å². The average molecular weight is 219 g/mol. The zero-order valence-electron chi connectivity index (χ0n) is 5.93. The Hall–Kier alpha value is -0.840. The van der Waals surface area contributed by atoms with Crippen LogP contribution in [0.15, 0.2) is 6.20 Å². The summed E-state index contributed by atoms with van der Waals surface area (Å²) >= 11 is 3.22. The number of halogens is 1. The molecule has 0 aliphatic heterocycles. The molecule has 0 saturated heterocycles. The van der Waals surface area contributed by atoms with E-state index in [1.165, 1.54) is 7.11 Å². The molecule has 0 atom stereocenters. The van der Waals surface area contributed by atoms with E-state index in [1.807, 2.05) is 0 Å². The van der Waals surface area contributed by atoms with Crippen LogP contribution in [-0.2, 0) is 10.1 Å². The van der Waals surface area contributed by atoms with Crippen molar-refractivity contribution in [3.8, 4) is 0 Å². The summed E-state index contributed by atoms with van der Waals surface area (Å²) in [6, 6.07) is 0. The summed E-state index contributed by atoms with van der Waals surface area (Å²) in [4.78, 5) is 10.9. The van der Waals surface area contributed by atoms with Gasteiger partial charge in [0.2, 0.25) is 0 Å². The monoisotopic (exact) mass is 218 g/mol. The molecule has 11 heavy (non-hydrogen) atoms. The molecule has 0 fully saturated rings. The zero-order valence-corrected chi connectivity index (χ0v) is 7.51. The fraction of sp³-hybridized carbons (Fsp3) is 0.333. The van der Waals surface area contributed by atoms with Crippen LogP contribution in [0.4, 0.5) is 0 Å². The highest BCUT2D eigenvalue weighted by molar-refractivity contribution is 9.08. The van der Waals surface area contributed by atoms with Gasteiger partial charge in [-0.05, 0) is 0 Å².